The standard InChI is InChI=1S/C28H17Cl2N3O3S/c29-19-9-10-25(23(30)14-19)36-24-8-4-1-5-17(24)13-18(15-31)26-32-20(16-37-26)11-12-33-27(34)21-6-2-3-7-22(21)28(33)35/h1-10,13-14,16H,11-12H2. The third-order valence-electron chi connectivity index (χ3n) is 5.71. The zero-order valence-electron chi connectivity index (χ0n) is 19.2. The number of carbonyl (C=O) groups excluding carboxylic acids is 2. The van der Waals surface area contributed by atoms with E-state index in [1.807, 2.05) is 23.6 Å². The average Bonchev–Trinajstić information content (AvgIpc) is 3.47. The van der Waals surface area contributed by atoms with E-state index in [9.17, 15) is 14.9 Å². The fraction of sp³-hybridized carbons (Fsp3) is 0.0714. The lowest BCUT2D eigenvalue weighted by molar-refractivity contribution is 0.0656. The summed E-state index contributed by atoms with van der Waals surface area (Å²) >= 11 is 13.5. The summed E-state index contributed by atoms with van der Waals surface area (Å²) in [5.41, 5.74) is 2.56. The van der Waals surface area contributed by atoms with Crippen LogP contribution in [-0.2, 0) is 6.42 Å². The van der Waals surface area contributed by atoms with Gasteiger partial charge in [0.25, 0.3) is 11.8 Å². The number of benzene rings is 3. The number of thiazole rings is 1. The summed E-state index contributed by atoms with van der Waals surface area (Å²) in [5, 5.41) is 13.1. The van der Waals surface area contributed by atoms with Crippen LogP contribution in [0.15, 0.2) is 72.1 Å². The van der Waals surface area contributed by atoms with Crippen LogP contribution in [0.4, 0.5) is 0 Å². The van der Waals surface area contributed by atoms with Crippen LogP contribution in [-0.4, -0.2) is 28.2 Å². The molecule has 5 rings (SSSR count). The molecule has 3 aromatic carbocycles. The second kappa shape index (κ2) is 10.6. The number of imide groups is 1. The van der Waals surface area contributed by atoms with Gasteiger partial charge in [0.2, 0.25) is 0 Å². The van der Waals surface area contributed by atoms with Gasteiger partial charge in [-0.15, -0.1) is 11.3 Å². The maximum atomic E-state index is 12.6. The Kier molecular flexibility index (Phi) is 7.06. The van der Waals surface area contributed by atoms with Crippen LogP contribution >= 0.6 is 34.5 Å². The van der Waals surface area contributed by atoms with Crippen LogP contribution in [0.2, 0.25) is 10.0 Å². The highest BCUT2D eigenvalue weighted by atomic mass is 35.5. The van der Waals surface area contributed by atoms with Crippen molar-refractivity contribution in [2.24, 2.45) is 0 Å². The van der Waals surface area contributed by atoms with Crippen molar-refractivity contribution in [2.45, 2.75) is 6.42 Å². The molecule has 2 heterocycles. The molecule has 9 heteroatoms. The van der Waals surface area contributed by atoms with Gasteiger partial charge in [-0.25, -0.2) is 4.98 Å². The summed E-state index contributed by atoms with van der Waals surface area (Å²) in [4.78, 5) is 31.0. The molecule has 0 saturated carbocycles. The van der Waals surface area contributed by atoms with Crippen molar-refractivity contribution in [3.63, 3.8) is 0 Å². The van der Waals surface area contributed by atoms with Crippen molar-refractivity contribution < 1.29 is 14.3 Å². The number of allylic oxidation sites excluding steroid dienone is 1. The molecular formula is C28H17Cl2N3O3S. The molecule has 0 radical (unpaired) electrons. The first-order chi connectivity index (χ1) is 17.9. The number of aromatic nitrogens is 1. The molecule has 0 aliphatic carbocycles. The molecule has 37 heavy (non-hydrogen) atoms. The lowest BCUT2D eigenvalue weighted by Crippen LogP contribution is -2.31. The number of fused-ring (bicyclic) bond motifs is 1. The summed E-state index contributed by atoms with van der Waals surface area (Å²) < 4.78 is 5.99. The fourth-order valence-electron chi connectivity index (χ4n) is 3.88. The van der Waals surface area contributed by atoms with E-state index in [2.05, 4.69) is 11.1 Å². The second-order valence-electron chi connectivity index (χ2n) is 8.09. The van der Waals surface area contributed by atoms with Gasteiger partial charge in [-0.3, -0.25) is 14.5 Å². The molecule has 0 saturated heterocycles. The SMILES string of the molecule is N#CC(=Cc1ccccc1Oc1ccc(Cl)cc1Cl)c1nc(CCN2C(=O)c3ccccc3C2=O)cs1. The minimum Gasteiger partial charge on any atom is -0.455 e. The van der Waals surface area contributed by atoms with Gasteiger partial charge >= 0.3 is 0 Å². The lowest BCUT2D eigenvalue weighted by atomic mass is 10.1. The van der Waals surface area contributed by atoms with Gasteiger partial charge < -0.3 is 4.74 Å². The van der Waals surface area contributed by atoms with E-state index in [0.29, 0.717) is 60.9 Å². The van der Waals surface area contributed by atoms with E-state index < -0.39 is 0 Å². The molecule has 0 bridgehead atoms. The van der Waals surface area contributed by atoms with Crippen molar-refractivity contribution in [3.8, 4) is 17.6 Å². The molecule has 1 aliphatic rings. The third kappa shape index (κ3) is 5.13. The highest BCUT2D eigenvalue weighted by Crippen LogP contribution is 2.34. The van der Waals surface area contributed by atoms with Crippen LogP contribution in [0.3, 0.4) is 0 Å². The quantitative estimate of drug-likeness (QED) is 0.182. The van der Waals surface area contributed by atoms with Crippen LogP contribution in [0.5, 0.6) is 11.5 Å². The number of para-hydroxylation sites is 1. The summed E-state index contributed by atoms with van der Waals surface area (Å²) in [5.74, 6) is 0.356. The first-order valence-electron chi connectivity index (χ1n) is 11.2. The molecule has 0 fully saturated rings. The minimum absolute atomic E-state index is 0.208. The molecule has 0 atom stereocenters. The number of nitriles is 1. The van der Waals surface area contributed by atoms with Crippen molar-refractivity contribution >= 4 is 58.0 Å². The largest absolute Gasteiger partial charge is 0.455 e. The monoisotopic (exact) mass is 545 g/mol. The predicted molar refractivity (Wildman–Crippen MR) is 144 cm³/mol. The van der Waals surface area contributed by atoms with Crippen LogP contribution in [0.1, 0.15) is 37.0 Å². The summed E-state index contributed by atoms with van der Waals surface area (Å²) in [6.45, 7) is 0.208. The molecule has 1 aromatic heterocycles. The van der Waals surface area contributed by atoms with Crippen molar-refractivity contribution in [1.82, 2.24) is 9.88 Å². The number of rotatable bonds is 7. The van der Waals surface area contributed by atoms with Gasteiger partial charge in [0.15, 0.2) is 0 Å². The summed E-state index contributed by atoms with van der Waals surface area (Å²) in [6, 6.07) is 21.2. The minimum atomic E-state index is -0.300. The Balaban J connectivity index is 1.33. The fourth-order valence-corrected chi connectivity index (χ4v) is 5.15. The van der Waals surface area contributed by atoms with Crippen molar-refractivity contribution in [2.75, 3.05) is 6.54 Å². The Labute approximate surface area is 227 Å². The second-order valence-corrected chi connectivity index (χ2v) is 9.79. The number of halogens is 2. The smallest absolute Gasteiger partial charge is 0.261 e. The molecular weight excluding hydrogens is 529 g/mol. The Hall–Kier alpha value is -3.96. The number of hydrogen-bond donors (Lipinski definition) is 0. The van der Waals surface area contributed by atoms with Gasteiger partial charge in [-0.05, 0) is 42.5 Å². The Bertz CT molecular complexity index is 1570. The van der Waals surface area contributed by atoms with E-state index in [-0.39, 0.29) is 18.4 Å². The van der Waals surface area contributed by atoms with E-state index in [1.54, 1.807) is 54.6 Å². The van der Waals surface area contributed by atoms with Crippen LogP contribution in [0, 0.1) is 11.3 Å². The maximum absolute atomic E-state index is 12.6. The molecule has 2 amide bonds. The molecule has 6 nitrogen and oxygen atoms in total. The predicted octanol–water partition coefficient (Wildman–Crippen LogP) is 7.15. The zero-order valence-corrected chi connectivity index (χ0v) is 21.5. The first kappa shape index (κ1) is 24.7. The zero-order chi connectivity index (χ0) is 25.9. The highest BCUT2D eigenvalue weighted by molar-refractivity contribution is 7.11. The third-order valence-corrected chi connectivity index (χ3v) is 7.16. The Morgan fingerprint density at radius 3 is 2.41 bits per heavy atom. The highest BCUT2D eigenvalue weighted by Gasteiger charge is 2.34. The van der Waals surface area contributed by atoms with Gasteiger partial charge in [-0.1, -0.05) is 53.5 Å². The van der Waals surface area contributed by atoms with Gasteiger partial charge in [-0.2, -0.15) is 5.26 Å². The molecule has 0 unspecified atom stereocenters. The average molecular weight is 546 g/mol. The summed E-state index contributed by atoms with van der Waals surface area (Å²) in [7, 11) is 0. The van der Waals surface area contributed by atoms with Crippen molar-refractivity contribution in [3.05, 3.63) is 110 Å². The lowest BCUT2D eigenvalue weighted by Gasteiger charge is -2.12. The molecule has 182 valence electrons. The van der Waals surface area contributed by atoms with Crippen LogP contribution < -0.4 is 4.74 Å². The molecule has 0 N–H and O–H groups in total. The van der Waals surface area contributed by atoms with E-state index in [4.69, 9.17) is 27.9 Å². The number of nitrogens with zero attached hydrogens (tertiary/aromatic N) is 3. The van der Waals surface area contributed by atoms with Gasteiger partial charge in [0.05, 0.1) is 27.4 Å². The maximum Gasteiger partial charge on any atom is 0.261 e. The molecule has 4 aromatic rings. The van der Waals surface area contributed by atoms with Gasteiger partial charge in [0.1, 0.15) is 22.6 Å². The normalized spacial score (nSPS) is 13.0. The van der Waals surface area contributed by atoms with E-state index >= 15 is 0 Å². The number of ether oxygens (including phenoxy) is 1. The topological polar surface area (TPSA) is 83.3 Å². The van der Waals surface area contributed by atoms with E-state index in [1.165, 1.54) is 16.2 Å². The van der Waals surface area contributed by atoms with Crippen LogP contribution in [0.25, 0.3) is 11.6 Å². The van der Waals surface area contributed by atoms with E-state index in [0.717, 1.165) is 0 Å². The summed E-state index contributed by atoms with van der Waals surface area (Å²) in [6.07, 6.45) is 2.08. The molecule has 0 spiro atoms. The van der Waals surface area contributed by atoms with Gasteiger partial charge in [0, 0.05) is 28.9 Å². The number of amides is 2. The first-order valence-corrected chi connectivity index (χ1v) is 12.8. The Morgan fingerprint density at radius 2 is 1.70 bits per heavy atom. The number of carbonyl (C=O) groups is 2. The molecule has 1 aliphatic heterocycles. The van der Waals surface area contributed by atoms with Crippen molar-refractivity contribution in [1.29, 1.82) is 5.26 Å². The number of hydrogen-bond acceptors (Lipinski definition) is 6. The Morgan fingerprint density at radius 1 is 1.00 bits per heavy atom.